The van der Waals surface area contributed by atoms with Gasteiger partial charge in [0.15, 0.2) is 0 Å². The summed E-state index contributed by atoms with van der Waals surface area (Å²) in [4.78, 5) is 25.6. The van der Waals surface area contributed by atoms with Crippen molar-refractivity contribution >= 4 is 23.4 Å². The molecular formula is C18H25ClN2O2. The minimum Gasteiger partial charge on any atom is -0.356 e. The van der Waals surface area contributed by atoms with Gasteiger partial charge in [-0.3, -0.25) is 9.59 Å². The van der Waals surface area contributed by atoms with E-state index in [4.69, 9.17) is 11.6 Å². The van der Waals surface area contributed by atoms with Crippen LogP contribution in [0.15, 0.2) is 24.3 Å². The summed E-state index contributed by atoms with van der Waals surface area (Å²) in [5.74, 6) is 0.318. The number of hydrogen-bond acceptors (Lipinski definition) is 2. The highest BCUT2D eigenvalue weighted by molar-refractivity contribution is 6.30. The lowest BCUT2D eigenvalue weighted by Crippen LogP contribution is -2.34. The normalized spacial score (nSPS) is 15.3. The average Bonchev–Trinajstić information content (AvgIpc) is 2.75. The van der Waals surface area contributed by atoms with Gasteiger partial charge in [-0.1, -0.05) is 30.2 Å². The van der Waals surface area contributed by atoms with E-state index in [-0.39, 0.29) is 11.8 Å². The zero-order valence-electron chi connectivity index (χ0n) is 13.5. The van der Waals surface area contributed by atoms with Crippen molar-refractivity contribution < 1.29 is 9.59 Å². The van der Waals surface area contributed by atoms with Crippen LogP contribution < -0.4 is 5.32 Å². The predicted molar refractivity (Wildman–Crippen MR) is 92.4 cm³/mol. The van der Waals surface area contributed by atoms with Gasteiger partial charge in [-0.15, -0.1) is 0 Å². The van der Waals surface area contributed by atoms with Crippen molar-refractivity contribution in [1.82, 2.24) is 10.2 Å². The first kappa shape index (κ1) is 17.8. The van der Waals surface area contributed by atoms with Crippen LogP contribution in [0.3, 0.4) is 0 Å². The molecular weight excluding hydrogens is 312 g/mol. The Labute approximate surface area is 143 Å². The van der Waals surface area contributed by atoms with Gasteiger partial charge in [0.25, 0.3) is 0 Å². The zero-order chi connectivity index (χ0) is 16.5. The smallest absolute Gasteiger partial charge is 0.222 e. The van der Waals surface area contributed by atoms with Crippen LogP contribution in [0, 0.1) is 0 Å². The highest BCUT2D eigenvalue weighted by Gasteiger charge is 2.15. The van der Waals surface area contributed by atoms with Crippen molar-refractivity contribution in [2.24, 2.45) is 0 Å². The predicted octanol–water partition coefficient (Wildman–Crippen LogP) is 3.18. The van der Waals surface area contributed by atoms with Crippen molar-refractivity contribution in [2.75, 3.05) is 19.6 Å². The molecule has 1 heterocycles. The van der Waals surface area contributed by atoms with Gasteiger partial charge < -0.3 is 10.2 Å². The molecule has 0 atom stereocenters. The fourth-order valence-electron chi connectivity index (χ4n) is 2.77. The Morgan fingerprint density at radius 2 is 1.96 bits per heavy atom. The van der Waals surface area contributed by atoms with Crippen LogP contribution in [0.25, 0.3) is 0 Å². The van der Waals surface area contributed by atoms with E-state index in [0.29, 0.717) is 30.8 Å². The van der Waals surface area contributed by atoms with E-state index in [1.807, 2.05) is 29.2 Å². The topological polar surface area (TPSA) is 49.4 Å². The van der Waals surface area contributed by atoms with Gasteiger partial charge >= 0.3 is 0 Å². The van der Waals surface area contributed by atoms with E-state index in [1.54, 1.807) is 0 Å². The van der Waals surface area contributed by atoms with E-state index in [1.165, 1.54) is 0 Å². The maximum Gasteiger partial charge on any atom is 0.222 e. The Kier molecular flexibility index (Phi) is 7.40. The Balaban J connectivity index is 1.59. The summed E-state index contributed by atoms with van der Waals surface area (Å²) in [5, 5.41) is 3.64. The lowest BCUT2D eigenvalue weighted by molar-refractivity contribution is -0.130. The van der Waals surface area contributed by atoms with E-state index >= 15 is 0 Å². The second kappa shape index (κ2) is 9.56. The van der Waals surface area contributed by atoms with Crippen LogP contribution in [-0.4, -0.2) is 36.3 Å². The van der Waals surface area contributed by atoms with Crippen LogP contribution in [0.2, 0.25) is 5.02 Å². The van der Waals surface area contributed by atoms with Crippen LogP contribution in [0.1, 0.15) is 44.1 Å². The van der Waals surface area contributed by atoms with Crippen molar-refractivity contribution in [3.63, 3.8) is 0 Å². The molecule has 2 rings (SSSR count). The molecule has 4 nitrogen and oxygen atoms in total. The van der Waals surface area contributed by atoms with Gasteiger partial charge in [-0.2, -0.15) is 0 Å². The number of carbonyl (C=O) groups excluding carboxylic acids is 2. The van der Waals surface area contributed by atoms with Gasteiger partial charge in [0.1, 0.15) is 0 Å². The van der Waals surface area contributed by atoms with Crippen LogP contribution in [-0.2, 0) is 16.0 Å². The third-order valence-corrected chi connectivity index (χ3v) is 4.40. The van der Waals surface area contributed by atoms with Gasteiger partial charge in [-0.25, -0.2) is 0 Å². The molecule has 0 bridgehead atoms. The summed E-state index contributed by atoms with van der Waals surface area (Å²) in [6, 6.07) is 7.57. The lowest BCUT2D eigenvalue weighted by Gasteiger charge is -2.20. The molecule has 0 spiro atoms. The standard InChI is InChI=1S/C18H25ClN2O2/c19-16-9-6-15(7-10-16)8-11-17(22)20-12-4-14-21-13-3-1-2-5-18(21)23/h6-7,9-10H,1-5,8,11-14H2,(H,20,22). The molecule has 0 aliphatic carbocycles. The molecule has 0 unspecified atom stereocenters. The quantitative estimate of drug-likeness (QED) is 0.777. The molecule has 0 radical (unpaired) electrons. The number of nitrogens with one attached hydrogen (secondary N) is 1. The molecule has 1 aromatic rings. The molecule has 1 aromatic carbocycles. The molecule has 1 aliphatic heterocycles. The lowest BCUT2D eigenvalue weighted by atomic mass is 10.1. The monoisotopic (exact) mass is 336 g/mol. The number of amides is 2. The second-order valence-corrected chi connectivity index (χ2v) is 6.46. The highest BCUT2D eigenvalue weighted by Crippen LogP contribution is 2.12. The van der Waals surface area contributed by atoms with Crippen LogP contribution >= 0.6 is 11.6 Å². The highest BCUT2D eigenvalue weighted by atomic mass is 35.5. The third kappa shape index (κ3) is 6.61. The number of aryl methyl sites for hydroxylation is 1. The summed E-state index contributed by atoms with van der Waals surface area (Å²) in [6.07, 6.45) is 5.93. The number of nitrogens with zero attached hydrogens (tertiary/aromatic N) is 1. The first-order valence-electron chi connectivity index (χ1n) is 8.44. The molecule has 1 aliphatic rings. The number of benzene rings is 1. The minimum atomic E-state index is 0.0575. The maximum atomic E-state index is 11.9. The molecule has 0 aromatic heterocycles. The van der Waals surface area contributed by atoms with E-state index in [0.717, 1.165) is 44.3 Å². The van der Waals surface area contributed by atoms with Crippen LogP contribution in [0.5, 0.6) is 0 Å². The van der Waals surface area contributed by atoms with Crippen molar-refractivity contribution in [3.8, 4) is 0 Å². The Hall–Kier alpha value is -1.55. The van der Waals surface area contributed by atoms with Gasteiger partial charge in [0.2, 0.25) is 11.8 Å². The van der Waals surface area contributed by atoms with Crippen molar-refractivity contribution in [3.05, 3.63) is 34.9 Å². The van der Waals surface area contributed by atoms with E-state index in [9.17, 15) is 9.59 Å². The largest absolute Gasteiger partial charge is 0.356 e. The Morgan fingerprint density at radius 3 is 2.74 bits per heavy atom. The summed E-state index contributed by atoms with van der Waals surface area (Å²) in [6.45, 7) is 2.24. The molecule has 1 saturated heterocycles. The number of hydrogen-bond donors (Lipinski definition) is 1. The molecule has 23 heavy (non-hydrogen) atoms. The molecule has 1 fully saturated rings. The number of halogens is 1. The number of carbonyl (C=O) groups is 2. The Bertz CT molecular complexity index is 516. The summed E-state index contributed by atoms with van der Waals surface area (Å²) >= 11 is 5.84. The summed E-state index contributed by atoms with van der Waals surface area (Å²) in [5.41, 5.74) is 1.11. The number of rotatable bonds is 7. The van der Waals surface area contributed by atoms with Gasteiger partial charge in [0.05, 0.1) is 0 Å². The molecule has 5 heteroatoms. The minimum absolute atomic E-state index is 0.0575. The number of likely N-dealkylation sites (tertiary alicyclic amines) is 1. The molecule has 126 valence electrons. The molecule has 1 N–H and O–H groups in total. The first-order valence-corrected chi connectivity index (χ1v) is 8.82. The fraction of sp³-hybridized carbons (Fsp3) is 0.556. The summed E-state index contributed by atoms with van der Waals surface area (Å²) < 4.78 is 0. The summed E-state index contributed by atoms with van der Waals surface area (Å²) in [7, 11) is 0. The van der Waals surface area contributed by atoms with Gasteiger partial charge in [0, 0.05) is 37.5 Å². The van der Waals surface area contributed by atoms with E-state index < -0.39 is 0 Å². The van der Waals surface area contributed by atoms with Crippen LogP contribution in [0.4, 0.5) is 0 Å². The maximum absolute atomic E-state index is 11.9. The SMILES string of the molecule is O=C(CCc1ccc(Cl)cc1)NCCCN1CCCCCC1=O. The third-order valence-electron chi connectivity index (χ3n) is 4.15. The van der Waals surface area contributed by atoms with Crippen molar-refractivity contribution in [1.29, 1.82) is 0 Å². The fourth-order valence-corrected chi connectivity index (χ4v) is 2.90. The van der Waals surface area contributed by atoms with Crippen molar-refractivity contribution in [2.45, 2.75) is 44.9 Å². The van der Waals surface area contributed by atoms with E-state index in [2.05, 4.69) is 5.32 Å². The molecule has 0 saturated carbocycles. The van der Waals surface area contributed by atoms with Gasteiger partial charge in [-0.05, 0) is 43.4 Å². The zero-order valence-corrected chi connectivity index (χ0v) is 14.3. The molecule has 2 amide bonds. The average molecular weight is 337 g/mol. The second-order valence-electron chi connectivity index (χ2n) is 6.02. The Morgan fingerprint density at radius 1 is 1.17 bits per heavy atom. The first-order chi connectivity index (χ1) is 11.1.